The Bertz CT molecular complexity index is 743. The van der Waals surface area contributed by atoms with Crippen LogP contribution in [0.3, 0.4) is 0 Å². The van der Waals surface area contributed by atoms with Crippen LogP contribution in [0.15, 0.2) is 30.3 Å². The molecule has 136 valence electrons. The van der Waals surface area contributed by atoms with Crippen LogP contribution in [-0.4, -0.2) is 11.7 Å². The number of hydrogen-bond acceptors (Lipinski definition) is 3. The topological polar surface area (TPSA) is 46.5 Å². The maximum absolute atomic E-state index is 11.9. The van der Waals surface area contributed by atoms with Crippen molar-refractivity contribution in [3.05, 3.63) is 63.7 Å². The van der Waals surface area contributed by atoms with Crippen LogP contribution in [0.5, 0.6) is 5.75 Å². The van der Waals surface area contributed by atoms with Crippen molar-refractivity contribution in [3.8, 4) is 5.75 Å². The van der Waals surface area contributed by atoms with Crippen molar-refractivity contribution in [2.45, 2.75) is 53.1 Å². The standard InChI is InChI=1S/C21H29O3P/c1-6-24-25(23)13-18-9-15(4)20(16(5)10-18)12-17-7-8-21(22)19(11-17)14(2)3/h7-11,14,22,25H,6,12-13H2,1-5H3. The first-order valence-corrected chi connectivity index (χ1v) is 10.4. The van der Waals surface area contributed by atoms with E-state index < -0.39 is 8.03 Å². The van der Waals surface area contributed by atoms with Gasteiger partial charge in [0.05, 0.1) is 6.61 Å². The fourth-order valence-corrected chi connectivity index (χ4v) is 4.18. The zero-order valence-electron chi connectivity index (χ0n) is 15.8. The van der Waals surface area contributed by atoms with Gasteiger partial charge in [-0.15, -0.1) is 0 Å². The number of benzene rings is 2. The molecule has 2 aromatic carbocycles. The molecule has 4 heteroatoms. The molecular weight excluding hydrogens is 331 g/mol. The zero-order valence-corrected chi connectivity index (χ0v) is 16.8. The van der Waals surface area contributed by atoms with E-state index in [1.807, 2.05) is 13.0 Å². The molecule has 1 unspecified atom stereocenters. The smallest absolute Gasteiger partial charge is 0.195 e. The molecule has 0 radical (unpaired) electrons. The van der Waals surface area contributed by atoms with Gasteiger partial charge in [-0.2, -0.15) is 0 Å². The van der Waals surface area contributed by atoms with Gasteiger partial charge < -0.3 is 9.63 Å². The molecule has 0 aliphatic carbocycles. The third-order valence-corrected chi connectivity index (χ3v) is 5.81. The number of phenolic OH excluding ortho intramolecular Hbond substituents is 1. The van der Waals surface area contributed by atoms with Crippen LogP contribution in [0.25, 0.3) is 0 Å². The minimum absolute atomic E-state index is 0.292. The van der Waals surface area contributed by atoms with Crippen LogP contribution in [0.2, 0.25) is 0 Å². The van der Waals surface area contributed by atoms with E-state index in [0.717, 1.165) is 17.5 Å². The van der Waals surface area contributed by atoms with Crippen molar-refractivity contribution in [3.63, 3.8) is 0 Å². The second kappa shape index (κ2) is 8.69. The normalized spacial score (nSPS) is 12.6. The summed E-state index contributed by atoms with van der Waals surface area (Å²) >= 11 is 0. The molecule has 0 saturated heterocycles. The Morgan fingerprint density at radius 2 is 1.72 bits per heavy atom. The van der Waals surface area contributed by atoms with Crippen LogP contribution in [-0.2, 0) is 21.7 Å². The lowest BCUT2D eigenvalue weighted by Crippen LogP contribution is -1.99. The third kappa shape index (κ3) is 5.20. The minimum atomic E-state index is -1.99. The van der Waals surface area contributed by atoms with E-state index in [2.05, 4.69) is 45.9 Å². The fourth-order valence-electron chi connectivity index (χ4n) is 3.22. The average molecular weight is 360 g/mol. The van der Waals surface area contributed by atoms with E-state index in [0.29, 0.717) is 24.4 Å². The van der Waals surface area contributed by atoms with Gasteiger partial charge in [0.15, 0.2) is 8.03 Å². The Morgan fingerprint density at radius 3 is 2.28 bits per heavy atom. The quantitative estimate of drug-likeness (QED) is 0.641. The molecule has 0 aliphatic rings. The van der Waals surface area contributed by atoms with E-state index in [4.69, 9.17) is 4.52 Å². The minimum Gasteiger partial charge on any atom is -0.508 e. The molecule has 1 N–H and O–H groups in total. The van der Waals surface area contributed by atoms with E-state index in [1.54, 1.807) is 6.07 Å². The molecule has 3 nitrogen and oxygen atoms in total. The number of hydrogen-bond donors (Lipinski definition) is 1. The maximum Gasteiger partial charge on any atom is 0.195 e. The lowest BCUT2D eigenvalue weighted by molar-refractivity contribution is 0.350. The van der Waals surface area contributed by atoms with E-state index >= 15 is 0 Å². The highest BCUT2D eigenvalue weighted by Gasteiger charge is 2.11. The molecule has 1 atom stereocenters. The second-order valence-electron chi connectivity index (χ2n) is 6.91. The summed E-state index contributed by atoms with van der Waals surface area (Å²) in [6.45, 7) is 10.7. The van der Waals surface area contributed by atoms with E-state index in [9.17, 15) is 9.67 Å². The van der Waals surface area contributed by atoms with Crippen molar-refractivity contribution in [1.29, 1.82) is 0 Å². The summed E-state index contributed by atoms with van der Waals surface area (Å²) in [6, 6.07) is 10.1. The Morgan fingerprint density at radius 1 is 1.08 bits per heavy atom. The van der Waals surface area contributed by atoms with E-state index in [1.165, 1.54) is 22.3 Å². The van der Waals surface area contributed by atoms with Crippen LogP contribution >= 0.6 is 8.03 Å². The summed E-state index contributed by atoms with van der Waals surface area (Å²) in [5.74, 6) is 0.657. The Kier molecular flexibility index (Phi) is 6.87. The van der Waals surface area contributed by atoms with Crippen LogP contribution < -0.4 is 0 Å². The first-order chi connectivity index (χ1) is 11.8. The summed E-state index contributed by atoms with van der Waals surface area (Å²) in [5.41, 5.74) is 6.97. The van der Waals surface area contributed by atoms with E-state index in [-0.39, 0.29) is 0 Å². The molecule has 0 amide bonds. The molecule has 25 heavy (non-hydrogen) atoms. The first kappa shape index (κ1) is 19.8. The fraction of sp³-hybridized carbons (Fsp3) is 0.429. The number of aromatic hydroxyl groups is 1. The predicted molar refractivity (Wildman–Crippen MR) is 105 cm³/mol. The van der Waals surface area contributed by atoms with Gasteiger partial charge in [0.1, 0.15) is 5.75 Å². The number of rotatable bonds is 7. The molecule has 0 bridgehead atoms. The van der Waals surface area contributed by atoms with Crippen molar-refractivity contribution in [2.75, 3.05) is 6.61 Å². The number of phenols is 1. The molecule has 2 aromatic rings. The monoisotopic (exact) mass is 360 g/mol. The summed E-state index contributed by atoms with van der Waals surface area (Å²) in [6.07, 6.45) is 1.33. The van der Waals surface area contributed by atoms with Gasteiger partial charge in [-0.25, -0.2) is 0 Å². The largest absolute Gasteiger partial charge is 0.508 e. The summed E-state index contributed by atoms with van der Waals surface area (Å²) in [4.78, 5) is 0. The predicted octanol–water partition coefficient (Wildman–Crippen LogP) is 5.73. The summed E-state index contributed by atoms with van der Waals surface area (Å²) in [5, 5.41) is 10.0. The second-order valence-corrected chi connectivity index (χ2v) is 8.30. The van der Waals surface area contributed by atoms with Gasteiger partial charge >= 0.3 is 0 Å². The van der Waals surface area contributed by atoms with Gasteiger partial charge in [-0.3, -0.25) is 4.57 Å². The van der Waals surface area contributed by atoms with Gasteiger partial charge in [0.25, 0.3) is 0 Å². The highest BCUT2D eigenvalue weighted by molar-refractivity contribution is 7.38. The van der Waals surface area contributed by atoms with Gasteiger partial charge in [0, 0.05) is 6.16 Å². The van der Waals surface area contributed by atoms with Crippen LogP contribution in [0, 0.1) is 13.8 Å². The Labute approximate surface area is 151 Å². The van der Waals surface area contributed by atoms with Crippen molar-refractivity contribution in [2.24, 2.45) is 0 Å². The van der Waals surface area contributed by atoms with Gasteiger partial charge in [-0.05, 0) is 72.6 Å². The Balaban J connectivity index is 2.26. The molecular formula is C21H29O3P. The highest BCUT2D eigenvalue weighted by atomic mass is 31.1. The van der Waals surface area contributed by atoms with Crippen molar-refractivity contribution in [1.82, 2.24) is 0 Å². The first-order valence-electron chi connectivity index (χ1n) is 8.88. The average Bonchev–Trinajstić information content (AvgIpc) is 2.52. The zero-order chi connectivity index (χ0) is 18.6. The third-order valence-electron chi connectivity index (χ3n) is 4.50. The van der Waals surface area contributed by atoms with Gasteiger partial charge in [-0.1, -0.05) is 38.1 Å². The number of aryl methyl sites for hydroxylation is 2. The molecule has 0 heterocycles. The maximum atomic E-state index is 11.9. The lowest BCUT2D eigenvalue weighted by atomic mass is 9.92. The molecule has 0 saturated carbocycles. The molecule has 0 aromatic heterocycles. The van der Waals surface area contributed by atoms with Crippen LogP contribution in [0.4, 0.5) is 0 Å². The molecule has 0 spiro atoms. The van der Waals surface area contributed by atoms with Crippen molar-refractivity contribution >= 4 is 8.03 Å². The highest BCUT2D eigenvalue weighted by Crippen LogP contribution is 2.31. The van der Waals surface area contributed by atoms with Gasteiger partial charge in [0.2, 0.25) is 0 Å². The molecule has 2 rings (SSSR count). The Hall–Kier alpha value is -1.57. The van der Waals surface area contributed by atoms with Crippen molar-refractivity contribution < 1.29 is 14.2 Å². The summed E-state index contributed by atoms with van der Waals surface area (Å²) in [7, 11) is -1.99. The summed E-state index contributed by atoms with van der Waals surface area (Å²) < 4.78 is 17.1. The SMILES string of the molecule is CCO[PH](=O)Cc1cc(C)c(Cc2ccc(O)c(C(C)C)c2)c(C)c1. The molecule has 0 fully saturated rings. The van der Waals surface area contributed by atoms with Crippen LogP contribution in [0.1, 0.15) is 60.1 Å². The molecule has 0 aliphatic heterocycles. The lowest BCUT2D eigenvalue weighted by Gasteiger charge is -2.15.